The maximum absolute atomic E-state index is 3.58. The number of hydrogen-bond donors (Lipinski definition) is 2. The summed E-state index contributed by atoms with van der Waals surface area (Å²) in [4.78, 5) is 6.78. The number of rotatable bonds is 0. The maximum Gasteiger partial charge on any atom is 0.0476 e. The lowest BCUT2D eigenvalue weighted by Crippen LogP contribution is -1.68. The SMILES string of the molecule is Brc1cccc2[nH]c3ccccc3c12.Brc1cccc2[nH]c3ccccc3c12. The van der Waals surface area contributed by atoms with Gasteiger partial charge in [-0.25, -0.2) is 0 Å². The van der Waals surface area contributed by atoms with Crippen molar-refractivity contribution >= 4 is 75.5 Å². The van der Waals surface area contributed by atoms with Gasteiger partial charge in [0, 0.05) is 52.6 Å². The topological polar surface area (TPSA) is 31.6 Å². The van der Waals surface area contributed by atoms with Crippen molar-refractivity contribution in [1.29, 1.82) is 0 Å². The summed E-state index contributed by atoms with van der Waals surface area (Å²) in [7, 11) is 0. The van der Waals surface area contributed by atoms with Gasteiger partial charge in [-0.3, -0.25) is 0 Å². The lowest BCUT2D eigenvalue weighted by atomic mass is 10.2. The highest BCUT2D eigenvalue weighted by Gasteiger charge is 2.06. The molecule has 0 saturated heterocycles. The smallest absolute Gasteiger partial charge is 0.0476 e. The van der Waals surface area contributed by atoms with Crippen LogP contribution >= 0.6 is 31.9 Å². The summed E-state index contributed by atoms with van der Waals surface area (Å²) in [5, 5.41) is 5.08. The molecule has 2 N–H and O–H groups in total. The zero-order valence-corrected chi connectivity index (χ0v) is 18.0. The summed E-state index contributed by atoms with van der Waals surface area (Å²) in [6.45, 7) is 0. The predicted octanol–water partition coefficient (Wildman–Crippen LogP) is 8.17. The Hall–Kier alpha value is -2.56. The van der Waals surface area contributed by atoms with Crippen LogP contribution in [0.3, 0.4) is 0 Å². The normalized spacial score (nSPS) is 11.2. The summed E-state index contributed by atoms with van der Waals surface area (Å²) in [6, 6.07) is 29.1. The van der Waals surface area contributed by atoms with Crippen LogP contribution in [0.5, 0.6) is 0 Å². The van der Waals surface area contributed by atoms with E-state index < -0.39 is 0 Å². The Labute approximate surface area is 178 Å². The number of fused-ring (bicyclic) bond motifs is 6. The van der Waals surface area contributed by atoms with E-state index in [-0.39, 0.29) is 0 Å². The predicted molar refractivity (Wildman–Crippen MR) is 127 cm³/mol. The van der Waals surface area contributed by atoms with Gasteiger partial charge >= 0.3 is 0 Å². The molecule has 0 radical (unpaired) electrons. The third-order valence-electron chi connectivity index (χ3n) is 4.96. The number of halogens is 2. The van der Waals surface area contributed by atoms with Crippen LogP contribution < -0.4 is 0 Å². The van der Waals surface area contributed by atoms with Crippen molar-refractivity contribution in [1.82, 2.24) is 9.97 Å². The van der Waals surface area contributed by atoms with Gasteiger partial charge in [-0.15, -0.1) is 0 Å². The number of nitrogens with one attached hydrogen (secondary N) is 2. The van der Waals surface area contributed by atoms with Crippen molar-refractivity contribution in [2.24, 2.45) is 0 Å². The standard InChI is InChI=1S/2C12H8BrN/c2*13-9-5-3-7-11-12(9)8-4-1-2-6-10(8)14-11/h2*1-7,14H. The zero-order chi connectivity index (χ0) is 19.1. The first-order chi connectivity index (χ1) is 13.7. The molecule has 0 aliphatic rings. The molecule has 28 heavy (non-hydrogen) atoms. The van der Waals surface area contributed by atoms with Gasteiger partial charge in [0.25, 0.3) is 0 Å². The largest absolute Gasteiger partial charge is 0.354 e. The monoisotopic (exact) mass is 490 g/mol. The highest BCUT2D eigenvalue weighted by Crippen LogP contribution is 2.32. The lowest BCUT2D eigenvalue weighted by molar-refractivity contribution is 1.54. The molecule has 0 fully saturated rings. The third kappa shape index (κ3) is 2.93. The minimum absolute atomic E-state index is 1.15. The van der Waals surface area contributed by atoms with Crippen molar-refractivity contribution in [2.75, 3.05) is 0 Å². The number of H-pyrrole nitrogens is 2. The van der Waals surface area contributed by atoms with E-state index in [4.69, 9.17) is 0 Å². The van der Waals surface area contributed by atoms with Crippen molar-refractivity contribution < 1.29 is 0 Å². The molecule has 0 amide bonds. The second-order valence-corrected chi connectivity index (χ2v) is 8.37. The van der Waals surface area contributed by atoms with Gasteiger partial charge in [0.1, 0.15) is 0 Å². The van der Waals surface area contributed by atoms with E-state index in [9.17, 15) is 0 Å². The minimum Gasteiger partial charge on any atom is -0.354 e. The molecule has 4 heteroatoms. The first-order valence-corrected chi connectivity index (χ1v) is 10.6. The van der Waals surface area contributed by atoms with Gasteiger partial charge < -0.3 is 9.97 Å². The van der Waals surface area contributed by atoms with Crippen molar-refractivity contribution in [2.45, 2.75) is 0 Å². The molecule has 0 unspecified atom stereocenters. The molecule has 2 nitrogen and oxygen atoms in total. The Kier molecular flexibility index (Phi) is 4.46. The Morgan fingerprint density at radius 1 is 0.429 bits per heavy atom. The molecule has 2 heterocycles. The second kappa shape index (κ2) is 7.12. The minimum atomic E-state index is 1.15. The number of para-hydroxylation sites is 2. The van der Waals surface area contributed by atoms with Crippen LogP contribution in [0.4, 0.5) is 0 Å². The molecule has 0 aliphatic carbocycles. The van der Waals surface area contributed by atoms with Crippen LogP contribution in [0.1, 0.15) is 0 Å². The van der Waals surface area contributed by atoms with E-state index in [0.29, 0.717) is 0 Å². The molecule has 0 aliphatic heterocycles. The van der Waals surface area contributed by atoms with Crippen molar-refractivity contribution in [3.63, 3.8) is 0 Å². The molecule has 0 spiro atoms. The zero-order valence-electron chi connectivity index (χ0n) is 14.8. The second-order valence-electron chi connectivity index (χ2n) is 6.67. The van der Waals surface area contributed by atoms with Gasteiger partial charge in [0.2, 0.25) is 0 Å². The lowest BCUT2D eigenvalue weighted by Gasteiger charge is -1.93. The van der Waals surface area contributed by atoms with E-state index in [1.54, 1.807) is 0 Å². The average Bonchev–Trinajstić information content (AvgIpc) is 3.28. The van der Waals surface area contributed by atoms with Gasteiger partial charge in [-0.2, -0.15) is 0 Å². The van der Waals surface area contributed by atoms with E-state index in [1.807, 2.05) is 24.3 Å². The summed E-state index contributed by atoms with van der Waals surface area (Å²) in [5.74, 6) is 0. The average molecular weight is 492 g/mol. The Balaban J connectivity index is 0.000000122. The van der Waals surface area contributed by atoms with Crippen LogP contribution in [-0.2, 0) is 0 Å². The molecule has 0 bridgehead atoms. The first-order valence-electron chi connectivity index (χ1n) is 9.02. The number of benzene rings is 4. The molecule has 6 rings (SSSR count). The molecule has 2 aromatic heterocycles. The molecule has 6 aromatic rings. The van der Waals surface area contributed by atoms with E-state index in [2.05, 4.69) is 102 Å². The molecule has 0 saturated carbocycles. The summed E-state index contributed by atoms with van der Waals surface area (Å²) in [6.07, 6.45) is 0. The fourth-order valence-electron chi connectivity index (χ4n) is 3.71. The third-order valence-corrected chi connectivity index (χ3v) is 6.28. The van der Waals surface area contributed by atoms with E-state index in [0.717, 1.165) is 8.95 Å². The van der Waals surface area contributed by atoms with Gasteiger partial charge in [-0.1, -0.05) is 80.4 Å². The highest BCUT2D eigenvalue weighted by molar-refractivity contribution is 9.11. The summed E-state index contributed by atoms with van der Waals surface area (Å²) in [5.41, 5.74) is 4.74. The molecular weight excluding hydrogens is 476 g/mol. The van der Waals surface area contributed by atoms with Crippen LogP contribution in [0.15, 0.2) is 93.9 Å². The maximum atomic E-state index is 3.58. The number of aromatic amines is 2. The van der Waals surface area contributed by atoms with E-state index in [1.165, 1.54) is 43.6 Å². The fraction of sp³-hybridized carbons (Fsp3) is 0. The Bertz CT molecular complexity index is 1330. The quantitative estimate of drug-likeness (QED) is 0.215. The van der Waals surface area contributed by atoms with Crippen LogP contribution in [0.25, 0.3) is 43.6 Å². The highest BCUT2D eigenvalue weighted by atomic mass is 79.9. The molecule has 136 valence electrons. The Morgan fingerprint density at radius 2 is 0.821 bits per heavy atom. The fourth-order valence-corrected chi connectivity index (χ4v) is 4.87. The van der Waals surface area contributed by atoms with Crippen LogP contribution in [-0.4, -0.2) is 9.97 Å². The molecule has 4 aromatic carbocycles. The Morgan fingerprint density at radius 3 is 1.29 bits per heavy atom. The summed E-state index contributed by atoms with van der Waals surface area (Å²) < 4.78 is 2.29. The van der Waals surface area contributed by atoms with Crippen molar-refractivity contribution in [3.8, 4) is 0 Å². The van der Waals surface area contributed by atoms with Gasteiger partial charge in [-0.05, 0) is 36.4 Å². The number of aromatic nitrogens is 2. The first kappa shape index (κ1) is 17.5. The van der Waals surface area contributed by atoms with Gasteiger partial charge in [0.05, 0.1) is 0 Å². The van der Waals surface area contributed by atoms with Crippen LogP contribution in [0.2, 0.25) is 0 Å². The summed E-state index contributed by atoms with van der Waals surface area (Å²) >= 11 is 7.15. The van der Waals surface area contributed by atoms with Gasteiger partial charge in [0.15, 0.2) is 0 Å². The number of hydrogen-bond acceptors (Lipinski definition) is 0. The van der Waals surface area contributed by atoms with E-state index >= 15 is 0 Å². The molecule has 0 atom stereocenters. The van der Waals surface area contributed by atoms with Crippen molar-refractivity contribution in [3.05, 3.63) is 93.9 Å². The molecular formula is C24H16Br2N2. The van der Waals surface area contributed by atoms with Crippen LogP contribution in [0, 0.1) is 0 Å².